The van der Waals surface area contributed by atoms with Gasteiger partial charge in [0.25, 0.3) is 0 Å². The molecule has 0 radical (unpaired) electrons. The van der Waals surface area contributed by atoms with E-state index in [4.69, 9.17) is 5.11 Å². The van der Waals surface area contributed by atoms with Crippen molar-refractivity contribution in [1.29, 1.82) is 0 Å². The van der Waals surface area contributed by atoms with Crippen molar-refractivity contribution in [1.82, 2.24) is 20.1 Å². The van der Waals surface area contributed by atoms with Gasteiger partial charge in [-0.2, -0.15) is 0 Å². The first kappa shape index (κ1) is 14.1. The number of carboxylic acid groups (broad SMARTS) is 1. The maximum atomic E-state index is 11.5. The fourth-order valence-electron chi connectivity index (χ4n) is 2.18. The van der Waals surface area contributed by atoms with Crippen LogP contribution in [0.1, 0.15) is 12.5 Å². The summed E-state index contributed by atoms with van der Waals surface area (Å²) in [6.07, 6.45) is 0.358. The molecule has 1 aliphatic heterocycles. The average Bonchev–Trinajstić information content (AvgIpc) is 3.15. The Morgan fingerprint density at radius 2 is 2.43 bits per heavy atom. The van der Waals surface area contributed by atoms with E-state index in [2.05, 4.69) is 15.5 Å². The zero-order chi connectivity index (χ0) is 14.8. The number of rotatable bonds is 5. The highest BCUT2D eigenvalue weighted by atomic mass is 32.2. The van der Waals surface area contributed by atoms with Crippen LogP contribution in [0.5, 0.6) is 0 Å². The second kappa shape index (κ2) is 5.86. The molecule has 2 aromatic heterocycles. The number of carbonyl (C=O) groups excluding carboxylic acids is 1. The first-order chi connectivity index (χ1) is 10.1. The normalized spacial score (nSPS) is 17.9. The SMILES string of the molecule is O=C(O)CSc1nnc(-c2cccs2)n1C1CNC(=O)C1. The number of carbonyl (C=O) groups is 2. The van der Waals surface area contributed by atoms with Crippen molar-refractivity contribution in [3.8, 4) is 10.7 Å². The van der Waals surface area contributed by atoms with Crippen LogP contribution in [0, 0.1) is 0 Å². The van der Waals surface area contributed by atoms with Gasteiger partial charge in [0, 0.05) is 13.0 Å². The molecule has 2 aromatic rings. The molecular weight excluding hydrogens is 312 g/mol. The Morgan fingerprint density at radius 1 is 1.57 bits per heavy atom. The van der Waals surface area contributed by atoms with E-state index in [1.165, 1.54) is 11.3 Å². The van der Waals surface area contributed by atoms with E-state index in [9.17, 15) is 9.59 Å². The number of hydrogen-bond donors (Lipinski definition) is 2. The molecule has 1 aliphatic rings. The molecule has 0 spiro atoms. The summed E-state index contributed by atoms with van der Waals surface area (Å²) in [6, 6.07) is 3.77. The maximum absolute atomic E-state index is 11.5. The number of thiophene rings is 1. The molecule has 21 heavy (non-hydrogen) atoms. The van der Waals surface area contributed by atoms with Crippen LogP contribution in [0.15, 0.2) is 22.7 Å². The van der Waals surface area contributed by atoms with Crippen LogP contribution >= 0.6 is 23.1 Å². The largest absolute Gasteiger partial charge is 0.481 e. The predicted octanol–water partition coefficient (Wildman–Crippen LogP) is 1.24. The minimum Gasteiger partial charge on any atom is -0.481 e. The summed E-state index contributed by atoms with van der Waals surface area (Å²) in [5, 5.41) is 22.3. The topological polar surface area (TPSA) is 97.1 Å². The van der Waals surface area contributed by atoms with Crippen molar-refractivity contribution in [2.45, 2.75) is 17.6 Å². The summed E-state index contributed by atoms with van der Waals surface area (Å²) in [5.74, 6) is -0.330. The van der Waals surface area contributed by atoms with Crippen molar-refractivity contribution >= 4 is 35.0 Å². The van der Waals surface area contributed by atoms with Gasteiger partial charge in [-0.15, -0.1) is 21.5 Å². The molecular formula is C12H12N4O3S2. The number of thioether (sulfide) groups is 1. The molecule has 9 heteroatoms. The first-order valence-corrected chi connectivity index (χ1v) is 8.11. The van der Waals surface area contributed by atoms with E-state index < -0.39 is 5.97 Å². The average molecular weight is 324 g/mol. The lowest BCUT2D eigenvalue weighted by atomic mass is 10.2. The van der Waals surface area contributed by atoms with Crippen LogP contribution in [0.3, 0.4) is 0 Å². The Kier molecular flexibility index (Phi) is 3.93. The van der Waals surface area contributed by atoms with Crippen LogP contribution in [-0.4, -0.2) is 44.0 Å². The van der Waals surface area contributed by atoms with Crippen LogP contribution < -0.4 is 5.32 Å². The van der Waals surface area contributed by atoms with Gasteiger partial charge in [0.1, 0.15) is 0 Å². The Balaban J connectivity index is 1.97. The lowest BCUT2D eigenvalue weighted by Gasteiger charge is -2.14. The molecule has 0 bridgehead atoms. The third kappa shape index (κ3) is 2.93. The third-order valence-corrected chi connectivity index (χ3v) is 4.85. The maximum Gasteiger partial charge on any atom is 0.313 e. The summed E-state index contributed by atoms with van der Waals surface area (Å²) in [7, 11) is 0. The Hall–Kier alpha value is -1.87. The van der Waals surface area contributed by atoms with Crippen molar-refractivity contribution < 1.29 is 14.7 Å². The molecule has 1 amide bonds. The molecule has 110 valence electrons. The lowest BCUT2D eigenvalue weighted by molar-refractivity contribution is -0.134. The van der Waals surface area contributed by atoms with Crippen LogP contribution in [-0.2, 0) is 9.59 Å². The predicted molar refractivity (Wildman–Crippen MR) is 78.4 cm³/mol. The smallest absolute Gasteiger partial charge is 0.313 e. The molecule has 3 rings (SSSR count). The van der Waals surface area contributed by atoms with Crippen LogP contribution in [0.25, 0.3) is 10.7 Å². The van der Waals surface area contributed by atoms with Gasteiger partial charge in [0.05, 0.1) is 16.7 Å². The lowest BCUT2D eigenvalue weighted by Crippen LogP contribution is -2.16. The van der Waals surface area contributed by atoms with E-state index in [1.807, 2.05) is 22.1 Å². The Labute approximate surface area is 128 Å². The summed E-state index contributed by atoms with van der Waals surface area (Å²) < 4.78 is 1.87. The van der Waals surface area contributed by atoms with E-state index in [0.717, 1.165) is 16.6 Å². The number of aliphatic carboxylic acids is 1. The second-order valence-corrected chi connectivity index (χ2v) is 6.39. The standard InChI is InChI=1S/C12H12N4O3S2/c17-9-4-7(5-13-9)16-11(8-2-1-3-20-8)14-15-12(16)21-6-10(18)19/h1-3,7H,4-6H2,(H,13,17)(H,18,19). The number of aromatic nitrogens is 3. The number of carboxylic acids is 1. The zero-order valence-corrected chi connectivity index (χ0v) is 12.5. The summed E-state index contributed by atoms with van der Waals surface area (Å²) in [4.78, 5) is 23.2. The molecule has 7 nitrogen and oxygen atoms in total. The minimum absolute atomic E-state index is 0.0139. The molecule has 3 heterocycles. The summed E-state index contributed by atoms with van der Waals surface area (Å²) >= 11 is 2.65. The molecule has 1 unspecified atom stereocenters. The molecule has 2 N–H and O–H groups in total. The number of nitrogens with one attached hydrogen (secondary N) is 1. The fourth-order valence-corrected chi connectivity index (χ4v) is 3.61. The van der Waals surface area contributed by atoms with Crippen molar-refractivity contribution in [3.05, 3.63) is 17.5 Å². The molecule has 1 saturated heterocycles. The van der Waals surface area contributed by atoms with Gasteiger partial charge < -0.3 is 10.4 Å². The quantitative estimate of drug-likeness (QED) is 0.803. The van der Waals surface area contributed by atoms with Crippen LogP contribution in [0.4, 0.5) is 0 Å². The van der Waals surface area contributed by atoms with E-state index in [1.54, 1.807) is 0 Å². The molecule has 0 saturated carbocycles. The second-order valence-electron chi connectivity index (χ2n) is 4.50. The van der Waals surface area contributed by atoms with Gasteiger partial charge in [-0.25, -0.2) is 0 Å². The Morgan fingerprint density at radius 3 is 3.05 bits per heavy atom. The van der Waals surface area contributed by atoms with Crippen molar-refractivity contribution in [2.24, 2.45) is 0 Å². The third-order valence-electron chi connectivity index (χ3n) is 3.05. The number of hydrogen-bond acceptors (Lipinski definition) is 6. The Bertz CT molecular complexity index is 668. The highest BCUT2D eigenvalue weighted by molar-refractivity contribution is 7.99. The van der Waals surface area contributed by atoms with E-state index in [0.29, 0.717) is 23.9 Å². The van der Waals surface area contributed by atoms with E-state index >= 15 is 0 Å². The number of nitrogens with zero attached hydrogens (tertiary/aromatic N) is 3. The molecule has 1 atom stereocenters. The summed E-state index contributed by atoms with van der Waals surface area (Å²) in [6.45, 7) is 0.510. The highest BCUT2D eigenvalue weighted by Crippen LogP contribution is 2.32. The van der Waals surface area contributed by atoms with Gasteiger partial charge in [0.2, 0.25) is 5.91 Å². The highest BCUT2D eigenvalue weighted by Gasteiger charge is 2.29. The zero-order valence-electron chi connectivity index (χ0n) is 10.9. The van der Waals surface area contributed by atoms with Gasteiger partial charge in [-0.1, -0.05) is 17.8 Å². The first-order valence-electron chi connectivity index (χ1n) is 6.25. The molecule has 1 fully saturated rings. The minimum atomic E-state index is -0.909. The van der Waals surface area contributed by atoms with Gasteiger partial charge in [0.15, 0.2) is 11.0 Å². The van der Waals surface area contributed by atoms with Gasteiger partial charge in [-0.3, -0.25) is 14.2 Å². The monoisotopic (exact) mass is 324 g/mol. The van der Waals surface area contributed by atoms with Crippen molar-refractivity contribution in [3.63, 3.8) is 0 Å². The molecule has 0 aliphatic carbocycles. The van der Waals surface area contributed by atoms with Crippen molar-refractivity contribution in [2.75, 3.05) is 12.3 Å². The molecule has 0 aromatic carbocycles. The van der Waals surface area contributed by atoms with Gasteiger partial charge >= 0.3 is 5.97 Å². The fraction of sp³-hybridized carbons (Fsp3) is 0.333. The van der Waals surface area contributed by atoms with Crippen LogP contribution in [0.2, 0.25) is 0 Å². The number of amides is 1. The van der Waals surface area contributed by atoms with Gasteiger partial charge in [-0.05, 0) is 11.4 Å². The van der Waals surface area contributed by atoms with E-state index in [-0.39, 0.29) is 17.7 Å². The summed E-state index contributed by atoms with van der Waals surface area (Å²) in [5.41, 5.74) is 0.